The van der Waals surface area contributed by atoms with Crippen LogP contribution < -0.4 is 5.46 Å². The molecule has 0 atom stereocenters. The summed E-state index contributed by atoms with van der Waals surface area (Å²) in [4.78, 5) is 11.6. The van der Waals surface area contributed by atoms with Crippen molar-refractivity contribution in [1.29, 1.82) is 0 Å². The van der Waals surface area contributed by atoms with Crippen LogP contribution in [0.5, 0.6) is 0 Å². The van der Waals surface area contributed by atoms with E-state index in [0.717, 1.165) is 6.07 Å². The Bertz CT molecular complexity index is 567. The average molecular weight is 294 g/mol. The first kappa shape index (κ1) is 16.0. The normalized spacial score (nSPS) is 19.7. The molecule has 21 heavy (non-hydrogen) atoms. The van der Waals surface area contributed by atoms with Crippen molar-refractivity contribution < 1.29 is 23.2 Å². The van der Waals surface area contributed by atoms with Gasteiger partial charge < -0.3 is 14.0 Å². The first-order chi connectivity index (χ1) is 9.59. The molecule has 1 fully saturated rings. The summed E-state index contributed by atoms with van der Waals surface area (Å²) >= 11 is 0. The predicted molar refractivity (Wildman–Crippen MR) is 78.2 cm³/mol. The van der Waals surface area contributed by atoms with Crippen LogP contribution in [0.1, 0.15) is 43.6 Å². The first-order valence-electron chi connectivity index (χ1n) is 6.83. The van der Waals surface area contributed by atoms with Crippen LogP contribution in [0.25, 0.3) is 0 Å². The molecule has 0 unspecified atom stereocenters. The number of hydrogen-bond donors (Lipinski definition) is 0. The minimum atomic E-state index is -0.714. The Kier molecular flexibility index (Phi) is 3.89. The zero-order valence-corrected chi connectivity index (χ0v) is 13.2. The van der Waals surface area contributed by atoms with Gasteiger partial charge in [-0.3, -0.25) is 0 Å². The zero-order valence-electron chi connectivity index (χ0n) is 13.2. The van der Waals surface area contributed by atoms with Gasteiger partial charge in [0.25, 0.3) is 0 Å². The number of halogens is 1. The number of esters is 1. The molecule has 0 aromatic heterocycles. The molecule has 0 aliphatic carbocycles. The number of ether oxygens (including phenoxy) is 1. The highest BCUT2D eigenvalue weighted by Crippen LogP contribution is 2.36. The SMILES string of the molecule is COC(=O)c1cc(F)c(C)c(B2OC(C)(C)C(C)(C)O2)c1. The Balaban J connectivity index is 2.46. The van der Waals surface area contributed by atoms with Gasteiger partial charge in [0, 0.05) is 0 Å². The van der Waals surface area contributed by atoms with Crippen molar-refractivity contribution in [1.82, 2.24) is 0 Å². The fraction of sp³-hybridized carbons (Fsp3) is 0.533. The highest BCUT2D eigenvalue weighted by molar-refractivity contribution is 6.62. The lowest BCUT2D eigenvalue weighted by Crippen LogP contribution is -2.41. The van der Waals surface area contributed by atoms with Gasteiger partial charge in [-0.1, -0.05) is 0 Å². The fourth-order valence-corrected chi connectivity index (χ4v) is 2.15. The number of hydrogen-bond acceptors (Lipinski definition) is 4. The third kappa shape index (κ3) is 2.70. The number of carbonyl (C=O) groups is 1. The van der Waals surface area contributed by atoms with Crippen LogP contribution in [0.4, 0.5) is 4.39 Å². The molecule has 1 aliphatic rings. The van der Waals surface area contributed by atoms with Gasteiger partial charge in [-0.05, 0) is 57.8 Å². The second-order valence-electron chi connectivity index (χ2n) is 6.25. The molecule has 1 aromatic rings. The molecule has 0 radical (unpaired) electrons. The van der Waals surface area contributed by atoms with Crippen molar-refractivity contribution in [2.75, 3.05) is 7.11 Å². The highest BCUT2D eigenvalue weighted by atomic mass is 19.1. The quantitative estimate of drug-likeness (QED) is 0.620. The van der Waals surface area contributed by atoms with Crippen LogP contribution in [-0.4, -0.2) is 31.4 Å². The minimum absolute atomic E-state index is 0.144. The summed E-state index contributed by atoms with van der Waals surface area (Å²) in [6.07, 6.45) is 0. The summed E-state index contributed by atoms with van der Waals surface area (Å²) in [5.74, 6) is -1.07. The number of benzene rings is 1. The van der Waals surface area contributed by atoms with Gasteiger partial charge in [-0.2, -0.15) is 0 Å². The number of carbonyl (C=O) groups excluding carboxylic acids is 1. The molecule has 0 amide bonds. The summed E-state index contributed by atoms with van der Waals surface area (Å²) in [6.45, 7) is 9.31. The summed E-state index contributed by atoms with van der Waals surface area (Å²) in [6, 6.07) is 2.72. The molecule has 1 heterocycles. The lowest BCUT2D eigenvalue weighted by molar-refractivity contribution is 0.00578. The molecule has 4 nitrogen and oxygen atoms in total. The average Bonchev–Trinajstić information content (AvgIpc) is 2.60. The van der Waals surface area contributed by atoms with Crippen LogP contribution in [0.3, 0.4) is 0 Å². The molecular weight excluding hydrogens is 274 g/mol. The highest BCUT2D eigenvalue weighted by Gasteiger charge is 2.52. The first-order valence-corrected chi connectivity index (χ1v) is 6.83. The summed E-state index contributed by atoms with van der Waals surface area (Å²) < 4.78 is 30.5. The van der Waals surface area contributed by atoms with Crippen LogP contribution >= 0.6 is 0 Å². The molecule has 1 aromatic carbocycles. The Hall–Kier alpha value is -1.40. The van der Waals surface area contributed by atoms with Gasteiger partial charge in [0.2, 0.25) is 0 Å². The van der Waals surface area contributed by atoms with Crippen LogP contribution in [0, 0.1) is 12.7 Å². The molecule has 0 saturated carbocycles. The van der Waals surface area contributed by atoms with Gasteiger partial charge in [0.15, 0.2) is 0 Å². The van der Waals surface area contributed by atoms with E-state index in [4.69, 9.17) is 9.31 Å². The number of methoxy groups -OCH3 is 1. The molecule has 0 bridgehead atoms. The fourth-order valence-electron chi connectivity index (χ4n) is 2.15. The molecule has 114 valence electrons. The maximum Gasteiger partial charge on any atom is 0.495 e. The molecule has 1 aliphatic heterocycles. The Morgan fingerprint density at radius 1 is 1.19 bits per heavy atom. The van der Waals surface area contributed by atoms with Gasteiger partial charge in [0.05, 0.1) is 23.9 Å². The summed E-state index contributed by atoms with van der Waals surface area (Å²) in [7, 11) is 0.545. The van der Waals surface area contributed by atoms with E-state index in [0.29, 0.717) is 11.0 Å². The monoisotopic (exact) mass is 294 g/mol. The molecular formula is C15H20BFO4. The van der Waals surface area contributed by atoms with Crippen molar-refractivity contribution in [3.05, 3.63) is 29.1 Å². The maximum atomic E-state index is 14.1. The van der Waals surface area contributed by atoms with Gasteiger partial charge in [-0.25, -0.2) is 9.18 Å². The van der Waals surface area contributed by atoms with Crippen molar-refractivity contribution in [3.8, 4) is 0 Å². The van der Waals surface area contributed by atoms with Crippen molar-refractivity contribution in [2.45, 2.75) is 45.8 Å². The third-order valence-corrected chi connectivity index (χ3v) is 4.31. The van der Waals surface area contributed by atoms with E-state index in [2.05, 4.69) is 4.74 Å². The van der Waals surface area contributed by atoms with E-state index >= 15 is 0 Å². The maximum absolute atomic E-state index is 14.1. The minimum Gasteiger partial charge on any atom is -0.465 e. The van der Waals surface area contributed by atoms with Crippen molar-refractivity contribution in [3.63, 3.8) is 0 Å². The van der Waals surface area contributed by atoms with E-state index in [9.17, 15) is 9.18 Å². The third-order valence-electron chi connectivity index (χ3n) is 4.31. The Morgan fingerprint density at radius 2 is 1.71 bits per heavy atom. The number of rotatable bonds is 2. The standard InChI is InChI=1S/C15H20BFO4/c1-9-11(7-10(8-12(9)17)13(18)19-6)16-20-14(2,3)15(4,5)21-16/h7-8H,1-6H3. The van der Waals surface area contributed by atoms with Crippen LogP contribution in [0.2, 0.25) is 0 Å². The smallest absolute Gasteiger partial charge is 0.465 e. The zero-order chi connectivity index (χ0) is 16.0. The second-order valence-corrected chi connectivity index (χ2v) is 6.25. The van der Waals surface area contributed by atoms with Gasteiger partial charge in [0.1, 0.15) is 5.82 Å². The lowest BCUT2D eigenvalue weighted by Gasteiger charge is -2.32. The molecule has 2 rings (SSSR count). The lowest BCUT2D eigenvalue weighted by atomic mass is 9.75. The van der Waals surface area contributed by atoms with E-state index in [-0.39, 0.29) is 5.56 Å². The van der Waals surface area contributed by atoms with Crippen LogP contribution in [-0.2, 0) is 14.0 Å². The van der Waals surface area contributed by atoms with E-state index in [1.54, 1.807) is 13.0 Å². The van der Waals surface area contributed by atoms with E-state index in [1.807, 2.05) is 27.7 Å². The van der Waals surface area contributed by atoms with E-state index < -0.39 is 30.1 Å². The van der Waals surface area contributed by atoms with Gasteiger partial charge in [-0.15, -0.1) is 0 Å². The Labute approximate surface area is 124 Å². The van der Waals surface area contributed by atoms with Crippen molar-refractivity contribution >= 4 is 18.6 Å². The second kappa shape index (κ2) is 5.11. The summed E-state index contributed by atoms with van der Waals surface area (Å²) in [5, 5.41) is 0. The summed E-state index contributed by atoms with van der Waals surface area (Å²) in [5.41, 5.74) is 0.00415. The van der Waals surface area contributed by atoms with Gasteiger partial charge >= 0.3 is 13.1 Å². The largest absolute Gasteiger partial charge is 0.495 e. The molecule has 1 saturated heterocycles. The van der Waals surface area contributed by atoms with Crippen LogP contribution in [0.15, 0.2) is 12.1 Å². The van der Waals surface area contributed by atoms with Crippen molar-refractivity contribution in [2.24, 2.45) is 0 Å². The topological polar surface area (TPSA) is 44.8 Å². The molecule has 0 N–H and O–H groups in total. The molecule has 6 heteroatoms. The Morgan fingerprint density at radius 3 is 2.19 bits per heavy atom. The predicted octanol–water partition coefficient (Wildman–Crippen LogP) is 2.22. The van der Waals surface area contributed by atoms with E-state index in [1.165, 1.54) is 7.11 Å². The molecule has 0 spiro atoms.